The molecule has 37 heavy (non-hydrogen) atoms. The highest BCUT2D eigenvalue weighted by atomic mass is 32.2. The third-order valence-corrected chi connectivity index (χ3v) is 7.39. The average Bonchev–Trinajstić information content (AvgIpc) is 2.81. The van der Waals surface area contributed by atoms with Gasteiger partial charge in [-0.25, -0.2) is 8.42 Å². The summed E-state index contributed by atoms with van der Waals surface area (Å²) in [5.74, 6) is -0.408. The minimum absolute atomic E-state index is 0.0905. The van der Waals surface area contributed by atoms with E-state index in [0.717, 1.165) is 27.3 Å². The van der Waals surface area contributed by atoms with Gasteiger partial charge >= 0.3 is 0 Å². The van der Waals surface area contributed by atoms with Gasteiger partial charge in [-0.3, -0.25) is 13.9 Å². The number of benzene rings is 2. The Morgan fingerprint density at radius 1 is 0.973 bits per heavy atom. The third kappa shape index (κ3) is 8.88. The van der Waals surface area contributed by atoms with Crippen molar-refractivity contribution in [3.63, 3.8) is 0 Å². The zero-order valence-electron chi connectivity index (χ0n) is 23.5. The van der Waals surface area contributed by atoms with E-state index in [1.807, 2.05) is 64.1 Å². The van der Waals surface area contributed by atoms with Crippen LogP contribution in [0.5, 0.6) is 0 Å². The van der Waals surface area contributed by atoms with E-state index >= 15 is 0 Å². The van der Waals surface area contributed by atoms with Crippen LogP contribution in [0.3, 0.4) is 0 Å². The summed E-state index contributed by atoms with van der Waals surface area (Å²) in [5.41, 5.74) is 3.34. The molecule has 0 aliphatic heterocycles. The van der Waals surface area contributed by atoms with Crippen LogP contribution in [0.15, 0.2) is 48.5 Å². The summed E-state index contributed by atoms with van der Waals surface area (Å²) in [6, 6.07) is 14.3. The van der Waals surface area contributed by atoms with Gasteiger partial charge in [0.15, 0.2) is 0 Å². The van der Waals surface area contributed by atoms with Gasteiger partial charge in [0.05, 0.1) is 11.9 Å². The van der Waals surface area contributed by atoms with Crippen molar-refractivity contribution in [3.8, 4) is 0 Å². The smallest absolute Gasteiger partial charge is 0.244 e. The van der Waals surface area contributed by atoms with Gasteiger partial charge in [0.2, 0.25) is 21.8 Å². The van der Waals surface area contributed by atoms with E-state index in [2.05, 4.69) is 26.1 Å². The third-order valence-electron chi connectivity index (χ3n) is 6.24. The van der Waals surface area contributed by atoms with E-state index in [-0.39, 0.29) is 23.8 Å². The summed E-state index contributed by atoms with van der Waals surface area (Å²) in [5, 5.41) is 2.93. The van der Waals surface area contributed by atoms with Crippen LogP contribution in [0, 0.1) is 12.8 Å². The molecule has 2 amide bonds. The van der Waals surface area contributed by atoms with Gasteiger partial charge in [-0.2, -0.15) is 0 Å². The number of anilines is 1. The topological polar surface area (TPSA) is 86.8 Å². The van der Waals surface area contributed by atoms with Crippen LogP contribution < -0.4 is 9.62 Å². The van der Waals surface area contributed by atoms with Crippen molar-refractivity contribution in [2.75, 3.05) is 23.7 Å². The van der Waals surface area contributed by atoms with E-state index in [9.17, 15) is 18.0 Å². The molecule has 0 radical (unpaired) electrons. The second-order valence-electron chi connectivity index (χ2n) is 11.1. The Morgan fingerprint density at radius 2 is 1.54 bits per heavy atom. The fourth-order valence-corrected chi connectivity index (χ4v) is 4.82. The molecule has 204 valence electrons. The van der Waals surface area contributed by atoms with Crippen molar-refractivity contribution < 1.29 is 18.0 Å². The summed E-state index contributed by atoms with van der Waals surface area (Å²) >= 11 is 0. The molecular formula is C29H43N3O4S. The number of hydrogen-bond acceptors (Lipinski definition) is 4. The molecule has 0 fully saturated rings. The standard InChI is InChI=1S/C29H43N3O4S/c1-9-26(28(34)30-18-21(2)3)31(19-23-12-10-22(4)11-13-23)27(33)20-32(37(8,35)36)25-16-14-24(15-17-25)29(5,6)7/h10-17,21,26H,9,18-20H2,1-8H3,(H,30,34)/t26-/m0/s1. The van der Waals surface area contributed by atoms with Gasteiger partial charge in [0, 0.05) is 13.1 Å². The zero-order valence-corrected chi connectivity index (χ0v) is 24.4. The highest BCUT2D eigenvalue weighted by Gasteiger charge is 2.32. The largest absolute Gasteiger partial charge is 0.354 e. The number of nitrogens with one attached hydrogen (secondary N) is 1. The number of rotatable bonds is 11. The molecule has 7 nitrogen and oxygen atoms in total. The first-order chi connectivity index (χ1) is 17.1. The maximum atomic E-state index is 13.8. The summed E-state index contributed by atoms with van der Waals surface area (Å²) in [6.45, 7) is 14.4. The lowest BCUT2D eigenvalue weighted by Gasteiger charge is -2.33. The molecule has 0 aliphatic rings. The van der Waals surface area contributed by atoms with Crippen molar-refractivity contribution in [2.24, 2.45) is 5.92 Å². The molecule has 0 aliphatic carbocycles. The first kappa shape index (κ1) is 30.4. The highest BCUT2D eigenvalue weighted by Crippen LogP contribution is 2.26. The number of aryl methyl sites for hydroxylation is 1. The molecule has 0 spiro atoms. The molecule has 8 heteroatoms. The van der Waals surface area contributed by atoms with E-state index in [1.54, 1.807) is 12.1 Å². The van der Waals surface area contributed by atoms with Crippen LogP contribution in [0.1, 0.15) is 64.7 Å². The maximum Gasteiger partial charge on any atom is 0.244 e. The van der Waals surface area contributed by atoms with E-state index in [4.69, 9.17) is 0 Å². The monoisotopic (exact) mass is 529 g/mol. The number of carbonyl (C=O) groups excluding carboxylic acids is 2. The van der Waals surface area contributed by atoms with Crippen molar-refractivity contribution in [1.82, 2.24) is 10.2 Å². The Kier molecular flexibility index (Phi) is 10.3. The van der Waals surface area contributed by atoms with Crippen LogP contribution in [0.4, 0.5) is 5.69 Å². The molecule has 1 atom stereocenters. The Hall–Kier alpha value is -2.87. The number of hydrogen-bond donors (Lipinski definition) is 1. The van der Waals surface area contributed by atoms with Crippen molar-refractivity contribution in [2.45, 2.75) is 72.9 Å². The molecular weight excluding hydrogens is 486 g/mol. The summed E-state index contributed by atoms with van der Waals surface area (Å²) < 4.78 is 26.7. The van der Waals surface area contributed by atoms with Crippen LogP contribution in [-0.4, -0.2) is 50.5 Å². The van der Waals surface area contributed by atoms with E-state index < -0.39 is 28.5 Å². The lowest BCUT2D eigenvalue weighted by molar-refractivity contribution is -0.140. The fourth-order valence-electron chi connectivity index (χ4n) is 3.97. The number of nitrogens with zero attached hydrogens (tertiary/aromatic N) is 2. The maximum absolute atomic E-state index is 13.8. The summed E-state index contributed by atoms with van der Waals surface area (Å²) in [4.78, 5) is 28.4. The number of carbonyl (C=O) groups is 2. The molecule has 0 saturated carbocycles. The van der Waals surface area contributed by atoms with Crippen molar-refractivity contribution in [3.05, 3.63) is 65.2 Å². The van der Waals surface area contributed by atoms with Gasteiger partial charge in [-0.1, -0.05) is 83.5 Å². The van der Waals surface area contributed by atoms with Crippen molar-refractivity contribution in [1.29, 1.82) is 0 Å². The van der Waals surface area contributed by atoms with Crippen LogP contribution in [0.25, 0.3) is 0 Å². The Bertz CT molecular complexity index is 1150. The molecule has 0 heterocycles. The van der Waals surface area contributed by atoms with Gasteiger partial charge < -0.3 is 10.2 Å². The molecule has 2 aromatic rings. The van der Waals surface area contributed by atoms with E-state index in [0.29, 0.717) is 18.7 Å². The summed E-state index contributed by atoms with van der Waals surface area (Å²) in [7, 11) is -3.76. The van der Waals surface area contributed by atoms with Crippen LogP contribution >= 0.6 is 0 Å². The Balaban J connectivity index is 2.42. The molecule has 0 aromatic heterocycles. The molecule has 0 unspecified atom stereocenters. The molecule has 0 saturated heterocycles. The lowest BCUT2D eigenvalue weighted by Crippen LogP contribution is -2.52. The first-order valence-corrected chi connectivity index (χ1v) is 14.7. The minimum Gasteiger partial charge on any atom is -0.354 e. The predicted octanol–water partition coefficient (Wildman–Crippen LogP) is 4.64. The quantitative estimate of drug-likeness (QED) is 0.460. The van der Waals surface area contributed by atoms with E-state index in [1.165, 1.54) is 4.90 Å². The highest BCUT2D eigenvalue weighted by molar-refractivity contribution is 7.92. The molecule has 2 aromatic carbocycles. The lowest BCUT2D eigenvalue weighted by atomic mass is 9.87. The second-order valence-corrected chi connectivity index (χ2v) is 13.0. The number of sulfonamides is 1. The molecule has 0 bridgehead atoms. The molecule has 2 rings (SSSR count). The van der Waals surface area contributed by atoms with Gasteiger partial charge in [-0.05, 0) is 47.9 Å². The zero-order chi connectivity index (χ0) is 28.0. The Labute approximate surface area is 223 Å². The summed E-state index contributed by atoms with van der Waals surface area (Å²) in [6.07, 6.45) is 1.50. The SMILES string of the molecule is CC[C@@H](C(=O)NCC(C)C)N(Cc1ccc(C)cc1)C(=O)CN(c1ccc(C(C)(C)C)cc1)S(C)(=O)=O. The second kappa shape index (κ2) is 12.6. The van der Waals surface area contributed by atoms with Crippen LogP contribution in [0.2, 0.25) is 0 Å². The first-order valence-electron chi connectivity index (χ1n) is 12.8. The Morgan fingerprint density at radius 3 is 2.00 bits per heavy atom. The van der Waals surface area contributed by atoms with Gasteiger partial charge in [0.1, 0.15) is 12.6 Å². The normalized spacial score (nSPS) is 12.8. The van der Waals surface area contributed by atoms with Gasteiger partial charge in [-0.15, -0.1) is 0 Å². The number of amides is 2. The minimum atomic E-state index is -3.76. The van der Waals surface area contributed by atoms with Crippen LogP contribution in [-0.2, 0) is 31.6 Å². The predicted molar refractivity (Wildman–Crippen MR) is 151 cm³/mol. The van der Waals surface area contributed by atoms with Crippen molar-refractivity contribution >= 4 is 27.5 Å². The van der Waals surface area contributed by atoms with Gasteiger partial charge in [0.25, 0.3) is 0 Å². The molecule has 1 N–H and O–H groups in total. The average molecular weight is 530 g/mol. The fraction of sp³-hybridized carbons (Fsp3) is 0.517.